The summed E-state index contributed by atoms with van der Waals surface area (Å²) in [6.45, 7) is 89.2. The first-order chi connectivity index (χ1) is 65.0. The van der Waals surface area contributed by atoms with E-state index in [0.29, 0.717) is 66.7 Å². The number of ether oxygens (including phenoxy) is 2. The Balaban J connectivity index is 0.000000344. The Hall–Kier alpha value is -8.88. The first-order valence-corrected chi connectivity index (χ1v) is 53.7. The van der Waals surface area contributed by atoms with Crippen LogP contribution in [0.4, 0.5) is 0 Å². The van der Waals surface area contributed by atoms with Crippen LogP contribution in [-0.4, -0.2) is 124 Å². The molecule has 141 heavy (non-hydrogen) atoms. The fourth-order valence-electron chi connectivity index (χ4n) is 18.1. The van der Waals surface area contributed by atoms with Crippen molar-refractivity contribution in [2.24, 2.45) is 11.3 Å². The fraction of sp³-hybridized carbons (Fsp3) is 0.622. The van der Waals surface area contributed by atoms with Gasteiger partial charge in [0.1, 0.15) is 5.75 Å². The van der Waals surface area contributed by atoms with Gasteiger partial charge in [0.15, 0.2) is 6.79 Å². The summed E-state index contributed by atoms with van der Waals surface area (Å²) in [7, 11) is 7.13. The molecule has 6 amide bonds. The van der Waals surface area contributed by atoms with Gasteiger partial charge < -0.3 is 40.1 Å². The summed E-state index contributed by atoms with van der Waals surface area (Å²) in [4.78, 5) is 81.1. The van der Waals surface area contributed by atoms with Crippen LogP contribution < -0.4 is 20.7 Å². The van der Waals surface area contributed by atoms with Crippen LogP contribution >= 0.6 is 0 Å². The number of methoxy groups -OCH3 is 1. The zero-order chi connectivity index (χ0) is 107. The molecule has 14 heteroatoms. The molecule has 2 aliphatic carbocycles. The standard InChI is InChI=1S/C21H33NO.C20H31NO.C20H33NO.C19H29NO.2C16H25NO.C15H24O2/c1-15(2)17-11-12-18(19(13-17)21(3,4)5)20(23)22-14-16-9-7-6-8-10-16;1-14(2)15-11-12-17(18(13-15)20(3,4)5)19(22)21-16-9-7-6-8-10-16;1-14(2)15-10-11-16(17(12-15)20(6,7)8)18(22)21(9)13-19(3,4)5;1-14(2)15-9-10-16(17(13-15)19(3,4)5)18(21)20-11-7-6-8-12-20;1-11(2)12-8-9-13(15(18)17(6)7)14(10-12)16(3,4)5;1-7-17-15(18)13-9-8-12(11(2)3)10-14(13)16(4,5)6;1-11(2)12-7-8-14(17-10-16-6)13(9-12)15(3,4)5/h11-13,15-16H,6-10,14H2,1-5H3,(H,22,23);11-14,16H,6-10H2,1-5H3,(H,21,22);10-12,14H,13H2,1-9H3;9-10,13-14H,6-8,11-12H2,1-5H3;8-11H,1-7H3;8-11H,7H2,1-6H3,(H,17,18);7-9,11H,10H2,1-6H3. The van der Waals surface area contributed by atoms with Gasteiger partial charge in [-0.05, 0) is 263 Å². The second-order valence-electron chi connectivity index (χ2n) is 51.1. The SMILES string of the molecule is CC(C)c1ccc(C(=O)N(C)C)c(C(C)(C)C)c1.CC(C)c1ccc(C(=O)N(C)CC(C)(C)C)c(C(C)(C)C)c1.CC(C)c1ccc(C(=O)N2CCCCC2)c(C(C)(C)C)c1.CC(C)c1ccc(C(=O)NC2CCCCC2)c(C(C)(C)C)c1.CC(C)c1ccc(C(=O)NCC2CCCCC2)c(C(C)(C)C)c1.CCNC(=O)c1ccc(C(C)C)cc1C(C)(C)C.COCOc1ccc(C(C)C)cc1C(C)(C)C. The van der Waals surface area contributed by atoms with Crippen LogP contribution in [0.5, 0.6) is 5.75 Å². The number of carbonyl (C=O) groups excluding carboxylic acids is 6. The van der Waals surface area contributed by atoms with E-state index in [-0.39, 0.29) is 78.8 Å². The quantitative estimate of drug-likeness (QED) is 0.0598. The lowest BCUT2D eigenvalue weighted by molar-refractivity contribution is 0.0497. The number of hydrogen-bond acceptors (Lipinski definition) is 8. The molecular weight excluding hydrogens is 1740 g/mol. The van der Waals surface area contributed by atoms with Gasteiger partial charge in [-0.15, -0.1) is 0 Å². The topological polar surface area (TPSA) is 167 Å². The van der Waals surface area contributed by atoms with Crippen molar-refractivity contribution in [1.29, 1.82) is 0 Å². The zero-order valence-corrected chi connectivity index (χ0v) is 97.4. The molecule has 0 radical (unpaired) electrons. The van der Waals surface area contributed by atoms with Crippen LogP contribution in [0.2, 0.25) is 0 Å². The van der Waals surface area contributed by atoms with E-state index in [1.54, 1.807) is 26.1 Å². The summed E-state index contributed by atoms with van der Waals surface area (Å²) in [6, 6.07) is 44.6. The molecule has 7 aromatic rings. The third-order valence-corrected chi connectivity index (χ3v) is 27.0. The van der Waals surface area contributed by atoms with Crippen molar-refractivity contribution >= 4 is 35.4 Å². The van der Waals surface area contributed by atoms with E-state index in [4.69, 9.17) is 9.47 Å². The van der Waals surface area contributed by atoms with Gasteiger partial charge in [-0.3, -0.25) is 28.8 Å². The van der Waals surface area contributed by atoms with E-state index in [0.717, 1.165) is 119 Å². The number of amides is 6. The van der Waals surface area contributed by atoms with Gasteiger partial charge in [0, 0.05) is 100 Å². The molecule has 0 unspecified atom stereocenters. The molecule has 3 aliphatic rings. The van der Waals surface area contributed by atoms with Gasteiger partial charge in [0.25, 0.3) is 35.4 Å². The first-order valence-electron chi connectivity index (χ1n) is 53.7. The second kappa shape index (κ2) is 54.9. The predicted octanol–water partition coefficient (Wildman–Crippen LogP) is 32.3. The van der Waals surface area contributed by atoms with Gasteiger partial charge in [-0.2, -0.15) is 0 Å². The van der Waals surface area contributed by atoms with Crippen LogP contribution in [0.25, 0.3) is 0 Å². The Kier molecular flexibility index (Phi) is 48.4. The molecule has 7 aromatic carbocycles. The third kappa shape index (κ3) is 40.2. The summed E-state index contributed by atoms with van der Waals surface area (Å²) >= 11 is 0. The molecule has 2 saturated carbocycles. The lowest BCUT2D eigenvalue weighted by Gasteiger charge is -2.30. The van der Waals surface area contributed by atoms with Gasteiger partial charge in [-0.1, -0.05) is 387 Å². The number of nitrogens with zero attached hydrogens (tertiary/aromatic N) is 3. The maximum Gasteiger partial charge on any atom is 0.254 e. The molecule has 3 N–H and O–H groups in total. The number of nitrogens with one attached hydrogen (secondary N) is 3. The summed E-state index contributed by atoms with van der Waals surface area (Å²) in [5.74, 6) is 5.65. The fourth-order valence-corrected chi connectivity index (χ4v) is 18.1. The molecule has 3 fully saturated rings. The van der Waals surface area contributed by atoms with Gasteiger partial charge >= 0.3 is 0 Å². The Morgan fingerprint density at radius 2 is 0.617 bits per heavy atom. The van der Waals surface area contributed by atoms with Crippen LogP contribution in [0, 0.1) is 11.3 Å². The highest BCUT2D eigenvalue weighted by Crippen LogP contribution is 2.40. The minimum atomic E-state index is -0.0432. The average Bonchev–Trinajstić information content (AvgIpc) is 0.792. The molecule has 14 nitrogen and oxygen atoms in total. The van der Waals surface area contributed by atoms with Crippen LogP contribution in [0.3, 0.4) is 0 Å². The molecule has 1 aliphatic heterocycles. The molecule has 10 rings (SSSR count). The highest BCUT2D eigenvalue weighted by molar-refractivity contribution is 5.99. The lowest BCUT2D eigenvalue weighted by Crippen LogP contribution is -2.37. The highest BCUT2D eigenvalue weighted by atomic mass is 16.7. The summed E-state index contributed by atoms with van der Waals surface area (Å²) in [5, 5.41) is 9.33. The van der Waals surface area contributed by atoms with Crippen molar-refractivity contribution < 1.29 is 38.2 Å². The monoisotopic (exact) mass is 1940 g/mol. The van der Waals surface area contributed by atoms with E-state index in [9.17, 15) is 28.8 Å². The zero-order valence-electron chi connectivity index (χ0n) is 97.4. The maximum absolute atomic E-state index is 12.9. The van der Waals surface area contributed by atoms with Crippen molar-refractivity contribution in [2.75, 3.05) is 67.8 Å². The molecular formula is C127H200N6O8. The molecule has 1 heterocycles. The van der Waals surface area contributed by atoms with Gasteiger partial charge in [-0.25, -0.2) is 0 Å². The number of likely N-dealkylation sites (tertiary alicyclic amines) is 1. The largest absolute Gasteiger partial charge is 0.467 e. The summed E-state index contributed by atoms with van der Waals surface area (Å²) in [6.07, 6.45) is 16.1. The smallest absolute Gasteiger partial charge is 0.254 e. The van der Waals surface area contributed by atoms with Crippen molar-refractivity contribution in [1.82, 2.24) is 30.7 Å². The number of piperidine rings is 1. The Morgan fingerprint density at radius 3 is 0.929 bits per heavy atom. The molecule has 1 saturated heterocycles. The number of carbonyl (C=O) groups is 6. The lowest BCUT2D eigenvalue weighted by atomic mass is 9.81. The number of hydrogen-bond donors (Lipinski definition) is 3. The highest BCUT2D eigenvalue weighted by Gasteiger charge is 2.33. The van der Waals surface area contributed by atoms with E-state index in [1.807, 2.05) is 60.2 Å². The molecule has 0 bridgehead atoms. The summed E-state index contributed by atoms with van der Waals surface area (Å²) < 4.78 is 10.6. The number of benzene rings is 7. The van der Waals surface area contributed by atoms with E-state index in [1.165, 1.54) is 108 Å². The molecule has 0 atom stereocenters. The van der Waals surface area contributed by atoms with Crippen molar-refractivity contribution in [3.05, 3.63) is 239 Å². The molecule has 0 aromatic heterocycles. The van der Waals surface area contributed by atoms with Crippen molar-refractivity contribution in [2.45, 2.75) is 439 Å². The van der Waals surface area contributed by atoms with Crippen molar-refractivity contribution in [3.8, 4) is 5.75 Å². The first kappa shape index (κ1) is 124. The molecule has 0 spiro atoms. The Morgan fingerprint density at radius 1 is 0.340 bits per heavy atom. The van der Waals surface area contributed by atoms with Crippen LogP contribution in [0.1, 0.15) is 535 Å². The minimum Gasteiger partial charge on any atom is -0.467 e. The predicted molar refractivity (Wildman–Crippen MR) is 603 cm³/mol. The van der Waals surface area contributed by atoms with Crippen LogP contribution in [-0.2, 0) is 42.6 Å². The van der Waals surface area contributed by atoms with Crippen molar-refractivity contribution in [3.63, 3.8) is 0 Å². The normalized spacial score (nSPS) is 14.2. The minimum absolute atomic E-state index is 0.00825. The van der Waals surface area contributed by atoms with E-state index in [2.05, 4.69) is 370 Å². The third-order valence-electron chi connectivity index (χ3n) is 27.0. The molecule has 786 valence electrons. The van der Waals surface area contributed by atoms with Crippen LogP contribution in [0.15, 0.2) is 127 Å². The van der Waals surface area contributed by atoms with E-state index >= 15 is 0 Å². The Bertz CT molecular complexity index is 5090. The summed E-state index contributed by atoms with van der Waals surface area (Å²) in [5.41, 5.74) is 22.4. The Labute approximate surface area is 861 Å². The van der Waals surface area contributed by atoms with E-state index < -0.39 is 0 Å². The van der Waals surface area contributed by atoms with Gasteiger partial charge in [0.2, 0.25) is 0 Å². The average molecular weight is 1940 g/mol. The van der Waals surface area contributed by atoms with Gasteiger partial charge in [0.05, 0.1) is 0 Å². The maximum atomic E-state index is 12.9. The second-order valence-corrected chi connectivity index (χ2v) is 51.1. The number of rotatable bonds is 21.